The zero-order valence-electron chi connectivity index (χ0n) is 19.4. The van der Waals surface area contributed by atoms with Crippen LogP contribution in [0, 0.1) is 27.7 Å². The molecule has 0 spiro atoms. The Balaban J connectivity index is 1.87. The van der Waals surface area contributed by atoms with Gasteiger partial charge in [0, 0.05) is 18.1 Å². The summed E-state index contributed by atoms with van der Waals surface area (Å²) >= 11 is 5.91. The van der Waals surface area contributed by atoms with E-state index in [9.17, 15) is 13.2 Å². The Kier molecular flexibility index (Phi) is 7.95. The number of hydrogen-bond acceptors (Lipinski definition) is 3. The molecule has 0 fully saturated rings. The highest BCUT2D eigenvalue weighted by atomic mass is 35.5. The first-order valence-corrected chi connectivity index (χ1v) is 12.5. The average molecular weight is 485 g/mol. The van der Waals surface area contributed by atoms with Gasteiger partial charge >= 0.3 is 0 Å². The standard InChI is InChI=1S/C26H29ClN2O3S/c1-18-5-7-23(8-6-18)16-29(17-25(30)28-15-22-9-11-24(27)12-10-22)33(31,32)26-20(3)13-19(2)14-21(26)4/h5-14H,15-17H2,1-4H3,(H,28,30). The maximum atomic E-state index is 13.7. The lowest BCUT2D eigenvalue weighted by Gasteiger charge is -2.24. The first-order valence-electron chi connectivity index (χ1n) is 10.7. The van der Waals surface area contributed by atoms with E-state index in [4.69, 9.17) is 11.6 Å². The number of nitrogens with one attached hydrogen (secondary N) is 1. The predicted molar refractivity (Wildman–Crippen MR) is 133 cm³/mol. The van der Waals surface area contributed by atoms with Gasteiger partial charge in [0.05, 0.1) is 11.4 Å². The van der Waals surface area contributed by atoms with Gasteiger partial charge in [0.25, 0.3) is 0 Å². The molecule has 5 nitrogen and oxygen atoms in total. The molecule has 0 aliphatic rings. The lowest BCUT2D eigenvalue weighted by atomic mass is 10.1. The summed E-state index contributed by atoms with van der Waals surface area (Å²) in [5, 5.41) is 3.43. The Morgan fingerprint density at radius 2 is 1.39 bits per heavy atom. The second-order valence-electron chi connectivity index (χ2n) is 8.39. The van der Waals surface area contributed by atoms with Crippen LogP contribution in [0.3, 0.4) is 0 Å². The fourth-order valence-electron chi connectivity index (χ4n) is 3.84. The van der Waals surface area contributed by atoms with Crippen molar-refractivity contribution in [1.82, 2.24) is 9.62 Å². The number of hydrogen-bond donors (Lipinski definition) is 1. The topological polar surface area (TPSA) is 66.5 Å². The number of amides is 1. The summed E-state index contributed by atoms with van der Waals surface area (Å²) in [5.74, 6) is -0.372. The van der Waals surface area contributed by atoms with E-state index in [1.165, 1.54) is 4.31 Å². The number of halogens is 1. The molecule has 0 saturated carbocycles. The van der Waals surface area contributed by atoms with Crippen molar-refractivity contribution in [1.29, 1.82) is 0 Å². The minimum Gasteiger partial charge on any atom is -0.351 e. The predicted octanol–water partition coefficient (Wildman–Crippen LogP) is 5.08. The van der Waals surface area contributed by atoms with Crippen molar-refractivity contribution in [3.05, 3.63) is 99.1 Å². The SMILES string of the molecule is Cc1ccc(CN(CC(=O)NCc2ccc(Cl)cc2)S(=O)(=O)c2c(C)cc(C)cc2C)cc1. The third kappa shape index (κ3) is 6.44. The van der Waals surface area contributed by atoms with E-state index in [1.54, 1.807) is 26.0 Å². The molecule has 1 N–H and O–H groups in total. The highest BCUT2D eigenvalue weighted by molar-refractivity contribution is 7.89. The molecule has 0 saturated heterocycles. The second-order valence-corrected chi connectivity index (χ2v) is 10.7. The fraction of sp³-hybridized carbons (Fsp3) is 0.269. The maximum Gasteiger partial charge on any atom is 0.244 e. The molecule has 3 aromatic carbocycles. The summed E-state index contributed by atoms with van der Waals surface area (Å²) in [6.07, 6.45) is 0. The molecule has 0 aliphatic heterocycles. The number of aryl methyl sites for hydroxylation is 4. The van der Waals surface area contributed by atoms with E-state index in [0.717, 1.165) is 22.3 Å². The Labute approximate surface area is 201 Å². The van der Waals surface area contributed by atoms with E-state index in [1.807, 2.05) is 62.4 Å². The molecule has 174 valence electrons. The molecule has 0 unspecified atom stereocenters. The van der Waals surface area contributed by atoms with Crippen LogP contribution < -0.4 is 5.32 Å². The Hall–Kier alpha value is -2.67. The number of benzene rings is 3. The molecule has 0 aliphatic carbocycles. The van der Waals surface area contributed by atoms with Crippen molar-refractivity contribution in [2.24, 2.45) is 0 Å². The van der Waals surface area contributed by atoms with Crippen LogP contribution in [0.15, 0.2) is 65.6 Å². The zero-order chi connectivity index (χ0) is 24.2. The van der Waals surface area contributed by atoms with Crippen LogP contribution in [0.4, 0.5) is 0 Å². The van der Waals surface area contributed by atoms with Gasteiger partial charge in [-0.15, -0.1) is 0 Å². The van der Waals surface area contributed by atoms with E-state index in [2.05, 4.69) is 5.32 Å². The Morgan fingerprint density at radius 1 is 0.848 bits per heavy atom. The highest BCUT2D eigenvalue weighted by Gasteiger charge is 2.30. The van der Waals surface area contributed by atoms with Crippen molar-refractivity contribution < 1.29 is 13.2 Å². The van der Waals surface area contributed by atoms with Crippen LogP contribution in [0.25, 0.3) is 0 Å². The van der Waals surface area contributed by atoms with Gasteiger partial charge in [-0.05, 0) is 62.1 Å². The summed E-state index contributed by atoms with van der Waals surface area (Å²) in [4.78, 5) is 13.1. The number of carbonyl (C=O) groups is 1. The zero-order valence-corrected chi connectivity index (χ0v) is 20.9. The van der Waals surface area contributed by atoms with E-state index >= 15 is 0 Å². The van der Waals surface area contributed by atoms with Crippen LogP contribution in [0.5, 0.6) is 0 Å². The molecule has 0 aromatic heterocycles. The van der Waals surface area contributed by atoms with Crippen LogP contribution >= 0.6 is 11.6 Å². The van der Waals surface area contributed by atoms with Gasteiger partial charge in [-0.1, -0.05) is 71.3 Å². The lowest BCUT2D eigenvalue weighted by Crippen LogP contribution is -2.40. The number of nitrogens with zero attached hydrogens (tertiary/aromatic N) is 1. The molecule has 0 heterocycles. The van der Waals surface area contributed by atoms with Crippen LogP contribution in [-0.2, 0) is 27.9 Å². The van der Waals surface area contributed by atoms with Crippen molar-refractivity contribution in [2.75, 3.05) is 6.54 Å². The molecule has 0 bridgehead atoms. The van der Waals surface area contributed by atoms with Crippen LogP contribution in [0.2, 0.25) is 5.02 Å². The first kappa shape index (κ1) is 25.0. The monoisotopic (exact) mass is 484 g/mol. The Morgan fingerprint density at radius 3 is 1.97 bits per heavy atom. The lowest BCUT2D eigenvalue weighted by molar-refractivity contribution is -0.121. The number of carbonyl (C=O) groups excluding carboxylic acids is 1. The van der Waals surface area contributed by atoms with Crippen molar-refractivity contribution in [3.63, 3.8) is 0 Å². The molecule has 7 heteroatoms. The third-order valence-corrected chi connectivity index (χ3v) is 7.75. The summed E-state index contributed by atoms with van der Waals surface area (Å²) in [6.45, 7) is 7.60. The van der Waals surface area contributed by atoms with Crippen molar-refractivity contribution >= 4 is 27.5 Å². The normalized spacial score (nSPS) is 11.6. The minimum atomic E-state index is -3.92. The van der Waals surface area contributed by atoms with Gasteiger partial charge in [0.2, 0.25) is 15.9 Å². The summed E-state index contributed by atoms with van der Waals surface area (Å²) in [6, 6.07) is 18.5. The maximum absolute atomic E-state index is 13.7. The van der Waals surface area contributed by atoms with Crippen LogP contribution in [0.1, 0.15) is 33.4 Å². The average Bonchev–Trinajstić information content (AvgIpc) is 2.73. The van der Waals surface area contributed by atoms with Gasteiger partial charge in [0.15, 0.2) is 0 Å². The van der Waals surface area contributed by atoms with Gasteiger partial charge in [-0.3, -0.25) is 4.79 Å². The van der Waals surface area contributed by atoms with Gasteiger partial charge in [0.1, 0.15) is 0 Å². The van der Waals surface area contributed by atoms with E-state index in [0.29, 0.717) is 16.1 Å². The highest BCUT2D eigenvalue weighted by Crippen LogP contribution is 2.26. The molecular formula is C26H29ClN2O3S. The molecule has 3 rings (SSSR count). The fourth-order valence-corrected chi connectivity index (χ4v) is 5.77. The minimum absolute atomic E-state index is 0.101. The van der Waals surface area contributed by atoms with E-state index in [-0.39, 0.29) is 30.4 Å². The van der Waals surface area contributed by atoms with Crippen LogP contribution in [-0.4, -0.2) is 25.2 Å². The van der Waals surface area contributed by atoms with Gasteiger partial charge in [-0.25, -0.2) is 8.42 Å². The number of rotatable bonds is 8. The largest absolute Gasteiger partial charge is 0.351 e. The number of sulfonamides is 1. The quantitative estimate of drug-likeness (QED) is 0.484. The van der Waals surface area contributed by atoms with E-state index < -0.39 is 10.0 Å². The third-order valence-electron chi connectivity index (χ3n) is 5.40. The molecule has 0 radical (unpaired) electrons. The Bertz CT molecular complexity index is 1210. The summed E-state index contributed by atoms with van der Waals surface area (Å²) in [7, 11) is -3.92. The molecular weight excluding hydrogens is 456 g/mol. The second kappa shape index (κ2) is 10.5. The van der Waals surface area contributed by atoms with Gasteiger partial charge in [-0.2, -0.15) is 4.31 Å². The molecule has 3 aromatic rings. The molecule has 1 amide bonds. The van der Waals surface area contributed by atoms with Crippen molar-refractivity contribution in [2.45, 2.75) is 45.7 Å². The molecule has 33 heavy (non-hydrogen) atoms. The smallest absolute Gasteiger partial charge is 0.244 e. The summed E-state index contributed by atoms with van der Waals surface area (Å²) in [5.41, 5.74) is 5.11. The first-order chi connectivity index (χ1) is 15.6. The van der Waals surface area contributed by atoms with Gasteiger partial charge < -0.3 is 5.32 Å². The van der Waals surface area contributed by atoms with Crippen molar-refractivity contribution in [3.8, 4) is 0 Å². The molecule has 0 atom stereocenters. The summed E-state index contributed by atoms with van der Waals surface area (Å²) < 4.78 is 28.7.